The van der Waals surface area contributed by atoms with Gasteiger partial charge in [0.2, 0.25) is 15.9 Å². The number of ether oxygens (including phenoxy) is 1. The fourth-order valence-corrected chi connectivity index (χ4v) is 4.71. The number of morpholine rings is 1. The average molecular weight is 462 g/mol. The summed E-state index contributed by atoms with van der Waals surface area (Å²) in [4.78, 5) is 35.0. The summed E-state index contributed by atoms with van der Waals surface area (Å²) in [5.41, 5.74) is 0.310. The van der Waals surface area contributed by atoms with Crippen LogP contribution in [0.2, 0.25) is 0 Å². The summed E-state index contributed by atoms with van der Waals surface area (Å²) in [5.74, 6) is -1.42. The Bertz CT molecular complexity index is 1340. The number of anilines is 1. The highest BCUT2D eigenvalue weighted by molar-refractivity contribution is 7.89. The van der Waals surface area contributed by atoms with Crippen LogP contribution in [-0.2, 0) is 26.1 Å². The molecule has 1 aromatic heterocycles. The van der Waals surface area contributed by atoms with E-state index in [0.717, 1.165) is 10.6 Å². The number of fused-ring (bicyclic) bond motifs is 1. The number of carbonyl (C=O) groups excluding carboxylic acids is 1. The van der Waals surface area contributed by atoms with E-state index in [-0.39, 0.29) is 34.8 Å². The van der Waals surface area contributed by atoms with E-state index in [1.165, 1.54) is 40.7 Å². The molecule has 1 amide bonds. The molecule has 0 atom stereocenters. The van der Waals surface area contributed by atoms with E-state index in [2.05, 4.69) is 5.32 Å². The molecule has 1 aliphatic heterocycles. The number of nitrogens with zero attached hydrogens (tertiary/aromatic N) is 3. The van der Waals surface area contributed by atoms with Gasteiger partial charge in [-0.1, -0.05) is 0 Å². The predicted molar refractivity (Wildman–Crippen MR) is 112 cm³/mol. The van der Waals surface area contributed by atoms with Crippen LogP contribution < -0.4 is 11.1 Å². The molecule has 168 valence electrons. The smallest absolute Gasteiger partial charge is 0.408 e. The summed E-state index contributed by atoms with van der Waals surface area (Å²) in [6, 6.07) is 9.27. The van der Waals surface area contributed by atoms with Gasteiger partial charge in [-0.15, -0.1) is 0 Å². The topological polar surface area (TPSA) is 154 Å². The molecule has 0 unspecified atom stereocenters. The van der Waals surface area contributed by atoms with Gasteiger partial charge in [0.25, 0.3) is 5.69 Å². The number of amides is 1. The van der Waals surface area contributed by atoms with Gasteiger partial charge >= 0.3 is 5.76 Å². The maximum atomic E-state index is 12.7. The first-order valence-electron chi connectivity index (χ1n) is 9.51. The SMILES string of the molecule is O=C(Cn1c(=O)oc2ccc([N+](=O)[O-])cc21)Nc1ccc(S(=O)(=O)N2CCOCC2)cc1. The van der Waals surface area contributed by atoms with Gasteiger partial charge < -0.3 is 14.5 Å². The van der Waals surface area contributed by atoms with E-state index in [1.807, 2.05) is 0 Å². The van der Waals surface area contributed by atoms with E-state index in [0.29, 0.717) is 18.9 Å². The molecule has 0 aliphatic carbocycles. The maximum Gasteiger partial charge on any atom is 0.420 e. The van der Waals surface area contributed by atoms with Gasteiger partial charge in [-0.2, -0.15) is 4.31 Å². The summed E-state index contributed by atoms with van der Waals surface area (Å²) in [6.45, 7) is 0.761. The van der Waals surface area contributed by atoms with Crippen molar-refractivity contribution in [1.29, 1.82) is 0 Å². The number of nitrogens with one attached hydrogen (secondary N) is 1. The predicted octanol–water partition coefficient (Wildman–Crippen LogP) is 1.16. The Morgan fingerprint density at radius 1 is 1.12 bits per heavy atom. The quantitative estimate of drug-likeness (QED) is 0.423. The standard InChI is InChI=1S/C19H18N4O8S/c24-18(12-22-16-11-14(23(26)27)3-6-17(16)31-19(22)25)20-13-1-4-15(5-2-13)32(28,29)21-7-9-30-10-8-21/h1-6,11H,7-10,12H2,(H,20,24). The lowest BCUT2D eigenvalue weighted by Crippen LogP contribution is -2.40. The number of oxazole rings is 1. The molecule has 3 aromatic rings. The van der Waals surface area contributed by atoms with Crippen LogP contribution in [0, 0.1) is 10.1 Å². The minimum atomic E-state index is -3.66. The third-order valence-corrected chi connectivity index (χ3v) is 6.82. The summed E-state index contributed by atoms with van der Waals surface area (Å²) < 4.78 is 37.8. The normalized spacial score (nSPS) is 15.0. The van der Waals surface area contributed by atoms with Gasteiger partial charge in [0.1, 0.15) is 6.54 Å². The van der Waals surface area contributed by atoms with Crippen molar-refractivity contribution in [2.75, 3.05) is 31.6 Å². The van der Waals surface area contributed by atoms with Crippen LogP contribution in [0.3, 0.4) is 0 Å². The number of rotatable bonds is 6. The van der Waals surface area contributed by atoms with Gasteiger partial charge in [-0.05, 0) is 30.3 Å². The van der Waals surface area contributed by atoms with Crippen molar-refractivity contribution in [3.05, 3.63) is 63.1 Å². The fraction of sp³-hybridized carbons (Fsp3) is 0.263. The number of hydrogen-bond donors (Lipinski definition) is 1. The maximum absolute atomic E-state index is 12.7. The average Bonchev–Trinajstić information content (AvgIpc) is 3.09. The molecule has 1 N–H and O–H groups in total. The molecule has 0 spiro atoms. The fourth-order valence-electron chi connectivity index (χ4n) is 3.30. The first-order valence-corrected chi connectivity index (χ1v) is 11.0. The van der Waals surface area contributed by atoms with Crippen LogP contribution in [0.1, 0.15) is 0 Å². The van der Waals surface area contributed by atoms with E-state index in [9.17, 15) is 28.1 Å². The molecule has 4 rings (SSSR count). The van der Waals surface area contributed by atoms with Crippen molar-refractivity contribution in [3.63, 3.8) is 0 Å². The molecular weight excluding hydrogens is 444 g/mol. The van der Waals surface area contributed by atoms with Crippen LogP contribution in [0.15, 0.2) is 56.6 Å². The molecule has 1 saturated heterocycles. The molecule has 2 heterocycles. The van der Waals surface area contributed by atoms with E-state index >= 15 is 0 Å². The number of hydrogen-bond acceptors (Lipinski definition) is 8. The molecule has 12 nitrogen and oxygen atoms in total. The van der Waals surface area contributed by atoms with Crippen molar-refractivity contribution >= 4 is 38.4 Å². The highest BCUT2D eigenvalue weighted by Crippen LogP contribution is 2.21. The zero-order chi connectivity index (χ0) is 22.9. The van der Waals surface area contributed by atoms with Gasteiger partial charge in [-0.25, -0.2) is 13.2 Å². The lowest BCUT2D eigenvalue weighted by molar-refractivity contribution is -0.384. The Morgan fingerprint density at radius 3 is 2.47 bits per heavy atom. The second-order valence-electron chi connectivity index (χ2n) is 6.95. The minimum Gasteiger partial charge on any atom is -0.408 e. The second-order valence-corrected chi connectivity index (χ2v) is 8.89. The van der Waals surface area contributed by atoms with Gasteiger partial charge in [0, 0.05) is 30.9 Å². The molecule has 0 saturated carbocycles. The van der Waals surface area contributed by atoms with Crippen LogP contribution in [0.4, 0.5) is 11.4 Å². The van der Waals surface area contributed by atoms with Crippen molar-refractivity contribution in [2.24, 2.45) is 0 Å². The number of non-ortho nitro benzene ring substituents is 1. The molecule has 2 aromatic carbocycles. The Balaban J connectivity index is 1.49. The summed E-state index contributed by atoms with van der Waals surface area (Å²) in [5, 5.41) is 13.5. The summed E-state index contributed by atoms with van der Waals surface area (Å²) in [7, 11) is -3.66. The molecule has 0 radical (unpaired) electrons. The first kappa shape index (κ1) is 21.7. The largest absolute Gasteiger partial charge is 0.420 e. The molecule has 0 bridgehead atoms. The Hall–Kier alpha value is -3.55. The van der Waals surface area contributed by atoms with Crippen molar-refractivity contribution < 1.29 is 27.3 Å². The molecule has 1 aliphatic rings. The number of carbonyl (C=O) groups is 1. The third kappa shape index (κ3) is 4.26. The van der Waals surface area contributed by atoms with Crippen LogP contribution in [0.25, 0.3) is 11.1 Å². The number of benzene rings is 2. The Kier molecular flexibility index (Phi) is 5.78. The lowest BCUT2D eigenvalue weighted by atomic mass is 10.3. The van der Waals surface area contributed by atoms with Crippen LogP contribution in [0.5, 0.6) is 0 Å². The van der Waals surface area contributed by atoms with Crippen molar-refractivity contribution in [2.45, 2.75) is 11.4 Å². The van der Waals surface area contributed by atoms with E-state index < -0.39 is 33.2 Å². The van der Waals surface area contributed by atoms with Gasteiger partial charge in [0.05, 0.1) is 28.5 Å². The second kappa shape index (κ2) is 8.53. The lowest BCUT2D eigenvalue weighted by Gasteiger charge is -2.26. The molecule has 32 heavy (non-hydrogen) atoms. The van der Waals surface area contributed by atoms with Gasteiger partial charge in [0.15, 0.2) is 5.58 Å². The van der Waals surface area contributed by atoms with E-state index in [4.69, 9.17) is 9.15 Å². The van der Waals surface area contributed by atoms with Crippen molar-refractivity contribution in [1.82, 2.24) is 8.87 Å². The number of nitro benzene ring substituents is 1. The minimum absolute atomic E-state index is 0.0850. The molecule has 1 fully saturated rings. The highest BCUT2D eigenvalue weighted by Gasteiger charge is 2.26. The molecule has 13 heteroatoms. The Morgan fingerprint density at radius 2 is 1.81 bits per heavy atom. The first-order chi connectivity index (χ1) is 15.3. The number of sulfonamides is 1. The Labute approximate surface area is 181 Å². The van der Waals surface area contributed by atoms with Gasteiger partial charge in [-0.3, -0.25) is 19.5 Å². The number of aromatic nitrogens is 1. The zero-order valence-electron chi connectivity index (χ0n) is 16.6. The number of nitro groups is 1. The monoisotopic (exact) mass is 462 g/mol. The summed E-state index contributed by atoms with van der Waals surface area (Å²) >= 11 is 0. The van der Waals surface area contributed by atoms with Crippen molar-refractivity contribution in [3.8, 4) is 0 Å². The van der Waals surface area contributed by atoms with Crippen LogP contribution in [-0.4, -0.2) is 54.4 Å². The van der Waals surface area contributed by atoms with Crippen LogP contribution >= 0.6 is 0 Å². The van der Waals surface area contributed by atoms with E-state index in [1.54, 1.807) is 0 Å². The highest BCUT2D eigenvalue weighted by atomic mass is 32.2. The summed E-state index contributed by atoms with van der Waals surface area (Å²) in [6.07, 6.45) is 0. The third-order valence-electron chi connectivity index (χ3n) is 4.91. The zero-order valence-corrected chi connectivity index (χ0v) is 17.4. The molecular formula is C19H18N4O8S.